The number of hydrogen-bond donors (Lipinski definition) is 2. The van der Waals surface area contributed by atoms with Crippen LogP contribution >= 0.6 is 46.2 Å². The van der Waals surface area contributed by atoms with Gasteiger partial charge in [-0.3, -0.25) is 4.79 Å². The Morgan fingerprint density at radius 2 is 1.91 bits per heavy atom. The van der Waals surface area contributed by atoms with E-state index >= 15 is 0 Å². The lowest BCUT2D eigenvalue weighted by atomic mass is 10.1. The number of thiophene rings is 2. The Kier molecular flexibility index (Phi) is 7.08. The number of carbonyl (C=O) groups is 2. The van der Waals surface area contributed by atoms with E-state index in [1.54, 1.807) is 27.2 Å². The molecule has 1 amide bonds. The number of hydrogen-bond acceptors (Lipinski definition) is 9. The van der Waals surface area contributed by atoms with E-state index in [1.807, 2.05) is 47.2 Å². The van der Waals surface area contributed by atoms with Gasteiger partial charge in [0.15, 0.2) is 5.13 Å². The molecule has 0 aliphatic rings. The molecule has 33 heavy (non-hydrogen) atoms. The summed E-state index contributed by atoms with van der Waals surface area (Å²) in [6.45, 7) is -0.0242. The van der Waals surface area contributed by atoms with Crippen LogP contribution in [0.5, 0.6) is 0 Å². The lowest BCUT2D eigenvalue weighted by Crippen LogP contribution is -2.21. The zero-order chi connectivity index (χ0) is 23.4. The van der Waals surface area contributed by atoms with Gasteiger partial charge >= 0.3 is 5.97 Å². The average molecular weight is 517 g/mol. The number of aromatic nitrogens is 2. The second-order valence-electron chi connectivity index (χ2n) is 6.52. The SMILES string of the molecule is CON=C(C(=O)O)c1csc(NC(=O)Cn2c(-c3cccs3)cc(-c3cccs3)cc2=S)n1. The number of rotatable bonds is 8. The largest absolute Gasteiger partial charge is 0.476 e. The molecule has 2 N–H and O–H groups in total. The molecule has 12 heteroatoms. The van der Waals surface area contributed by atoms with Gasteiger partial charge < -0.3 is 19.8 Å². The second kappa shape index (κ2) is 10.2. The van der Waals surface area contributed by atoms with Crippen LogP contribution in [0.25, 0.3) is 21.0 Å². The molecule has 0 aliphatic carbocycles. The van der Waals surface area contributed by atoms with Crippen molar-refractivity contribution in [2.45, 2.75) is 6.54 Å². The third-order valence-corrected chi connectivity index (χ3v) is 7.29. The van der Waals surface area contributed by atoms with Crippen LogP contribution in [0.15, 0.2) is 57.7 Å². The number of oxime groups is 1. The van der Waals surface area contributed by atoms with E-state index < -0.39 is 5.97 Å². The van der Waals surface area contributed by atoms with Gasteiger partial charge in [0.25, 0.3) is 0 Å². The van der Waals surface area contributed by atoms with Crippen molar-refractivity contribution in [2.24, 2.45) is 5.16 Å². The Morgan fingerprint density at radius 1 is 1.18 bits per heavy atom. The van der Waals surface area contributed by atoms with Crippen molar-refractivity contribution in [3.05, 3.63) is 62.9 Å². The first kappa shape index (κ1) is 23.0. The van der Waals surface area contributed by atoms with E-state index in [4.69, 9.17) is 12.2 Å². The Labute approximate surface area is 205 Å². The number of amides is 1. The minimum Gasteiger partial charge on any atom is -0.476 e. The van der Waals surface area contributed by atoms with Crippen molar-refractivity contribution < 1.29 is 19.5 Å². The van der Waals surface area contributed by atoms with Gasteiger partial charge in [-0.1, -0.05) is 29.5 Å². The summed E-state index contributed by atoms with van der Waals surface area (Å²) >= 11 is 9.92. The third-order valence-electron chi connectivity index (χ3n) is 4.39. The summed E-state index contributed by atoms with van der Waals surface area (Å²) in [5.41, 5.74) is 1.59. The smallest absolute Gasteiger partial charge is 0.360 e. The molecule has 0 aromatic carbocycles. The van der Waals surface area contributed by atoms with E-state index in [9.17, 15) is 14.7 Å². The van der Waals surface area contributed by atoms with Gasteiger partial charge in [-0.15, -0.1) is 34.0 Å². The average Bonchev–Trinajstić information content (AvgIpc) is 3.55. The lowest BCUT2D eigenvalue weighted by Gasteiger charge is -2.14. The van der Waals surface area contributed by atoms with Gasteiger partial charge in [-0.25, -0.2) is 9.78 Å². The van der Waals surface area contributed by atoms with Crippen molar-refractivity contribution in [2.75, 3.05) is 12.4 Å². The monoisotopic (exact) mass is 516 g/mol. The summed E-state index contributed by atoms with van der Waals surface area (Å²) in [5, 5.41) is 21.1. The van der Waals surface area contributed by atoms with Gasteiger partial charge in [-0.2, -0.15) is 0 Å². The Bertz CT molecular complexity index is 1370. The third kappa shape index (κ3) is 5.25. The summed E-state index contributed by atoms with van der Waals surface area (Å²) in [5.74, 6) is -1.62. The number of carboxylic acid groups (broad SMARTS) is 1. The van der Waals surface area contributed by atoms with Crippen LogP contribution in [0.1, 0.15) is 5.69 Å². The molecule has 0 atom stereocenters. The minimum absolute atomic E-state index is 0.0242. The molecular weight excluding hydrogens is 501 g/mol. The quantitative estimate of drug-likeness (QED) is 0.189. The summed E-state index contributed by atoms with van der Waals surface area (Å²) in [6.07, 6.45) is 0. The molecule has 4 heterocycles. The molecule has 0 unspecified atom stereocenters. The highest BCUT2D eigenvalue weighted by atomic mass is 32.1. The Balaban J connectivity index is 1.60. The maximum Gasteiger partial charge on any atom is 0.360 e. The van der Waals surface area contributed by atoms with Crippen LogP contribution in [-0.2, 0) is 21.0 Å². The zero-order valence-corrected chi connectivity index (χ0v) is 20.3. The first-order chi connectivity index (χ1) is 16.0. The van der Waals surface area contributed by atoms with Gasteiger partial charge in [-0.05, 0) is 40.6 Å². The number of aliphatic carboxylic acids is 1. The van der Waals surface area contributed by atoms with Crippen LogP contribution in [0, 0.1) is 4.64 Å². The summed E-state index contributed by atoms with van der Waals surface area (Å²) < 4.78 is 2.30. The predicted octanol–water partition coefficient (Wildman–Crippen LogP) is 5.20. The number of carboxylic acids is 1. The van der Waals surface area contributed by atoms with Crippen molar-refractivity contribution in [3.8, 4) is 21.0 Å². The molecule has 168 valence electrons. The van der Waals surface area contributed by atoms with Crippen LogP contribution in [-0.4, -0.2) is 39.4 Å². The van der Waals surface area contributed by atoms with E-state index in [0.29, 0.717) is 4.64 Å². The number of thiazole rings is 1. The molecule has 4 aromatic rings. The fourth-order valence-electron chi connectivity index (χ4n) is 3.00. The van der Waals surface area contributed by atoms with Crippen LogP contribution < -0.4 is 5.32 Å². The summed E-state index contributed by atoms with van der Waals surface area (Å²) in [4.78, 5) is 34.9. The highest BCUT2D eigenvalue weighted by Gasteiger charge is 2.19. The van der Waals surface area contributed by atoms with Crippen molar-refractivity contribution >= 4 is 68.9 Å². The molecule has 4 aromatic heterocycles. The molecule has 4 rings (SSSR count). The van der Waals surface area contributed by atoms with Crippen LogP contribution in [0.4, 0.5) is 5.13 Å². The Hall–Kier alpha value is -3.19. The van der Waals surface area contributed by atoms with Gasteiger partial charge in [0, 0.05) is 10.3 Å². The predicted molar refractivity (Wildman–Crippen MR) is 134 cm³/mol. The molecule has 0 radical (unpaired) electrons. The number of carbonyl (C=O) groups excluding carboxylic acids is 1. The molecule has 0 saturated heterocycles. The Morgan fingerprint density at radius 3 is 2.55 bits per heavy atom. The maximum absolute atomic E-state index is 12.8. The van der Waals surface area contributed by atoms with Crippen molar-refractivity contribution in [1.82, 2.24) is 9.55 Å². The topological polar surface area (TPSA) is 106 Å². The molecular formula is C21H16N4O4S4. The molecule has 0 saturated carbocycles. The lowest BCUT2D eigenvalue weighted by molar-refractivity contribution is -0.129. The molecule has 0 spiro atoms. The van der Waals surface area contributed by atoms with Gasteiger partial charge in [0.1, 0.15) is 24.0 Å². The minimum atomic E-state index is -1.28. The van der Waals surface area contributed by atoms with Crippen LogP contribution in [0.2, 0.25) is 0 Å². The second-order valence-corrected chi connectivity index (χ2v) is 9.69. The van der Waals surface area contributed by atoms with Gasteiger partial charge in [0.05, 0.1) is 10.6 Å². The molecule has 0 fully saturated rings. The van der Waals surface area contributed by atoms with Crippen LogP contribution in [0.3, 0.4) is 0 Å². The number of anilines is 1. The van der Waals surface area contributed by atoms with Crippen molar-refractivity contribution in [3.63, 3.8) is 0 Å². The standard InChI is InChI=1S/C21H16N4O4S4/c1-29-24-19(20(27)28)13-11-33-21(22-13)23-17(26)10-25-14(16-5-3-7-32-16)8-12(9-18(25)30)15-4-2-6-31-15/h2-9,11H,10H2,1H3,(H,27,28)(H,22,23,26). The number of pyridine rings is 1. The first-order valence-electron chi connectivity index (χ1n) is 9.39. The normalized spacial score (nSPS) is 11.4. The zero-order valence-electron chi connectivity index (χ0n) is 17.0. The fourth-order valence-corrected chi connectivity index (χ4v) is 5.47. The van der Waals surface area contributed by atoms with Gasteiger partial charge in [0.2, 0.25) is 11.6 Å². The summed E-state index contributed by atoms with van der Waals surface area (Å²) in [6, 6.07) is 11.9. The molecule has 0 aliphatic heterocycles. The molecule has 0 bridgehead atoms. The molecule has 8 nitrogen and oxygen atoms in total. The highest BCUT2D eigenvalue weighted by molar-refractivity contribution is 7.71. The maximum atomic E-state index is 12.8. The number of nitrogens with one attached hydrogen (secondary N) is 1. The van der Waals surface area contributed by atoms with Crippen molar-refractivity contribution in [1.29, 1.82) is 0 Å². The van der Waals surface area contributed by atoms with E-state index in [0.717, 1.165) is 32.3 Å². The summed E-state index contributed by atoms with van der Waals surface area (Å²) in [7, 11) is 1.25. The van der Waals surface area contributed by atoms with E-state index in [-0.39, 0.29) is 29.0 Å². The number of nitrogens with zero attached hydrogens (tertiary/aromatic N) is 3. The van der Waals surface area contributed by atoms with E-state index in [2.05, 4.69) is 20.3 Å². The van der Waals surface area contributed by atoms with E-state index in [1.165, 1.54) is 12.5 Å². The first-order valence-corrected chi connectivity index (χ1v) is 12.4. The fraction of sp³-hybridized carbons (Fsp3) is 0.0952. The highest BCUT2D eigenvalue weighted by Crippen LogP contribution is 2.32.